The van der Waals surface area contributed by atoms with E-state index in [-0.39, 0.29) is 0 Å². The van der Waals surface area contributed by atoms with Gasteiger partial charge in [-0.3, -0.25) is 9.89 Å². The van der Waals surface area contributed by atoms with Crippen LogP contribution >= 0.6 is 0 Å². The second-order valence-electron chi connectivity index (χ2n) is 7.10. The van der Waals surface area contributed by atoms with E-state index in [0.29, 0.717) is 5.96 Å². The molecular formula is C18H33N7O. The lowest BCUT2D eigenvalue weighted by Crippen LogP contribution is -2.39. The molecule has 1 saturated heterocycles. The Balaban J connectivity index is 1.29. The smallest absolute Gasteiger partial charge is 0.188 e. The average molecular weight is 364 g/mol. The van der Waals surface area contributed by atoms with Crippen LogP contribution in [0.1, 0.15) is 43.8 Å². The Hall–Kier alpha value is -1.67. The van der Waals surface area contributed by atoms with Crippen LogP contribution in [0.5, 0.6) is 0 Å². The van der Waals surface area contributed by atoms with Gasteiger partial charge in [-0.05, 0) is 32.2 Å². The maximum absolute atomic E-state index is 5.96. The molecule has 0 atom stereocenters. The van der Waals surface area contributed by atoms with Gasteiger partial charge in [0.1, 0.15) is 11.6 Å². The molecule has 3 rings (SSSR count). The molecule has 2 aliphatic rings. The van der Waals surface area contributed by atoms with Gasteiger partial charge in [-0.25, -0.2) is 0 Å². The highest BCUT2D eigenvalue weighted by Crippen LogP contribution is 2.15. The zero-order valence-electron chi connectivity index (χ0n) is 15.8. The predicted octanol–water partition coefficient (Wildman–Crippen LogP) is 0.564. The molecule has 1 aromatic rings. The average Bonchev–Trinajstić information content (AvgIpc) is 2.89. The van der Waals surface area contributed by atoms with Gasteiger partial charge in [0.15, 0.2) is 5.96 Å². The predicted molar refractivity (Wildman–Crippen MR) is 102 cm³/mol. The Bertz CT molecular complexity index is 566. The lowest BCUT2D eigenvalue weighted by atomic mass is 10.2. The van der Waals surface area contributed by atoms with Gasteiger partial charge >= 0.3 is 0 Å². The zero-order valence-corrected chi connectivity index (χ0v) is 15.8. The van der Waals surface area contributed by atoms with Gasteiger partial charge in [0.25, 0.3) is 0 Å². The number of rotatable bonds is 8. The summed E-state index contributed by atoms with van der Waals surface area (Å²) in [5, 5.41) is 11.9. The molecule has 0 spiro atoms. The van der Waals surface area contributed by atoms with Crippen molar-refractivity contribution < 1.29 is 4.74 Å². The Kier molecular flexibility index (Phi) is 7.69. The van der Waals surface area contributed by atoms with Crippen molar-refractivity contribution in [1.29, 1.82) is 0 Å². The fourth-order valence-electron chi connectivity index (χ4n) is 3.57. The minimum absolute atomic E-state index is 0.548. The molecule has 2 aliphatic heterocycles. The van der Waals surface area contributed by atoms with Crippen molar-refractivity contribution in [1.82, 2.24) is 25.0 Å². The van der Waals surface area contributed by atoms with Gasteiger partial charge in [-0.15, -0.1) is 10.2 Å². The van der Waals surface area contributed by atoms with E-state index in [1.54, 1.807) is 0 Å². The molecule has 0 radical (unpaired) electrons. The van der Waals surface area contributed by atoms with Gasteiger partial charge in [0.2, 0.25) is 0 Å². The number of aliphatic imine (C=N–C) groups is 1. The Morgan fingerprint density at radius 1 is 1.12 bits per heavy atom. The quantitative estimate of drug-likeness (QED) is 0.398. The fourth-order valence-corrected chi connectivity index (χ4v) is 3.57. The van der Waals surface area contributed by atoms with Crippen molar-refractivity contribution >= 4 is 5.96 Å². The summed E-state index contributed by atoms with van der Waals surface area (Å²) in [5.41, 5.74) is 5.96. The number of hydrogen-bond acceptors (Lipinski definition) is 5. The zero-order chi connectivity index (χ0) is 18.0. The number of nitrogens with zero attached hydrogens (tertiary/aromatic N) is 5. The number of fused-ring (bicyclic) bond motifs is 1. The molecule has 0 amide bonds. The maximum Gasteiger partial charge on any atom is 0.188 e. The number of aryl methyl sites for hydroxylation is 2. The summed E-state index contributed by atoms with van der Waals surface area (Å²) in [6.07, 6.45) is 7.76. The molecule has 3 heterocycles. The number of nitrogens with one attached hydrogen (secondary N) is 1. The molecule has 0 bridgehead atoms. The van der Waals surface area contributed by atoms with Crippen molar-refractivity contribution in [2.75, 3.05) is 45.9 Å². The highest BCUT2D eigenvalue weighted by Gasteiger charge is 2.14. The first-order valence-electron chi connectivity index (χ1n) is 10.1. The van der Waals surface area contributed by atoms with Crippen molar-refractivity contribution in [3.05, 3.63) is 11.6 Å². The summed E-state index contributed by atoms with van der Waals surface area (Å²) < 4.78 is 7.67. The van der Waals surface area contributed by atoms with Gasteiger partial charge in [-0.2, -0.15) is 0 Å². The lowest BCUT2D eigenvalue weighted by Gasteiger charge is -2.26. The Morgan fingerprint density at radius 2 is 2.00 bits per heavy atom. The van der Waals surface area contributed by atoms with Crippen LogP contribution in [0.25, 0.3) is 0 Å². The van der Waals surface area contributed by atoms with Gasteiger partial charge < -0.3 is 20.4 Å². The Labute approximate surface area is 156 Å². The molecule has 26 heavy (non-hydrogen) atoms. The van der Waals surface area contributed by atoms with Crippen LogP contribution in [0.15, 0.2) is 4.99 Å². The molecular weight excluding hydrogens is 330 g/mol. The van der Waals surface area contributed by atoms with Crippen LogP contribution < -0.4 is 11.1 Å². The third-order valence-corrected chi connectivity index (χ3v) is 5.09. The van der Waals surface area contributed by atoms with Crippen LogP contribution in [-0.2, 0) is 24.1 Å². The largest absolute Gasteiger partial charge is 0.379 e. The molecule has 8 heteroatoms. The molecule has 0 aliphatic carbocycles. The van der Waals surface area contributed by atoms with E-state index in [9.17, 15) is 0 Å². The van der Waals surface area contributed by atoms with Gasteiger partial charge in [0, 0.05) is 45.6 Å². The number of morpholine rings is 1. The highest BCUT2D eigenvalue weighted by atomic mass is 16.5. The Morgan fingerprint density at radius 3 is 2.88 bits per heavy atom. The van der Waals surface area contributed by atoms with Crippen molar-refractivity contribution in [3.63, 3.8) is 0 Å². The molecule has 146 valence electrons. The van der Waals surface area contributed by atoms with Gasteiger partial charge in [0.05, 0.1) is 13.2 Å². The minimum atomic E-state index is 0.548. The third-order valence-electron chi connectivity index (χ3n) is 5.09. The van der Waals surface area contributed by atoms with E-state index in [1.165, 1.54) is 19.3 Å². The molecule has 0 aromatic carbocycles. The van der Waals surface area contributed by atoms with E-state index in [4.69, 9.17) is 10.5 Å². The van der Waals surface area contributed by atoms with Crippen molar-refractivity contribution in [2.45, 2.75) is 51.5 Å². The fraction of sp³-hybridized carbons (Fsp3) is 0.833. The van der Waals surface area contributed by atoms with Crippen molar-refractivity contribution in [3.8, 4) is 0 Å². The molecule has 0 saturated carbocycles. The first-order valence-corrected chi connectivity index (χ1v) is 10.1. The van der Waals surface area contributed by atoms with Crippen LogP contribution in [0, 0.1) is 0 Å². The molecule has 3 N–H and O–H groups in total. The third kappa shape index (κ3) is 5.95. The van der Waals surface area contributed by atoms with E-state index >= 15 is 0 Å². The van der Waals surface area contributed by atoms with Crippen molar-refractivity contribution in [2.24, 2.45) is 10.7 Å². The second kappa shape index (κ2) is 10.5. The summed E-state index contributed by atoms with van der Waals surface area (Å²) in [4.78, 5) is 6.86. The normalized spacial score (nSPS) is 19.2. The molecule has 0 unspecified atom stereocenters. The van der Waals surface area contributed by atoms with Crippen LogP contribution in [0.3, 0.4) is 0 Å². The van der Waals surface area contributed by atoms with E-state index in [2.05, 4.69) is 30.0 Å². The number of nitrogens with two attached hydrogens (primary N) is 1. The van der Waals surface area contributed by atoms with E-state index < -0.39 is 0 Å². The summed E-state index contributed by atoms with van der Waals surface area (Å²) in [5.74, 6) is 2.81. The standard InChI is InChI=1S/C18H33N7O/c19-18(21-9-5-10-24-12-14-26-15-13-24)20-8-4-7-17-23-22-16-6-2-1-3-11-25(16)17/h1-15H2,(H3,19,20,21). The number of hydrogen-bond donors (Lipinski definition) is 2. The number of aromatic nitrogens is 3. The topological polar surface area (TPSA) is 93.6 Å². The molecule has 1 fully saturated rings. The SMILES string of the molecule is NC(=NCCCc1nnc2n1CCCCC2)NCCCN1CCOCC1. The lowest BCUT2D eigenvalue weighted by molar-refractivity contribution is 0.0376. The monoisotopic (exact) mass is 363 g/mol. The molecule has 8 nitrogen and oxygen atoms in total. The van der Waals surface area contributed by atoms with Crippen LogP contribution in [-0.4, -0.2) is 71.6 Å². The first kappa shape index (κ1) is 19.1. The number of guanidine groups is 1. The van der Waals surface area contributed by atoms with Crippen LogP contribution in [0.2, 0.25) is 0 Å². The summed E-state index contributed by atoms with van der Waals surface area (Å²) in [7, 11) is 0. The van der Waals surface area contributed by atoms with Gasteiger partial charge in [-0.1, -0.05) is 6.42 Å². The number of ether oxygens (including phenoxy) is 1. The van der Waals surface area contributed by atoms with E-state index in [1.807, 2.05) is 0 Å². The summed E-state index contributed by atoms with van der Waals surface area (Å²) >= 11 is 0. The molecule has 1 aromatic heterocycles. The summed E-state index contributed by atoms with van der Waals surface area (Å²) in [6, 6.07) is 0. The van der Waals surface area contributed by atoms with Crippen LogP contribution in [0.4, 0.5) is 0 Å². The highest BCUT2D eigenvalue weighted by molar-refractivity contribution is 5.77. The first-order chi connectivity index (χ1) is 12.8. The second-order valence-corrected chi connectivity index (χ2v) is 7.10. The minimum Gasteiger partial charge on any atom is -0.379 e. The summed E-state index contributed by atoms with van der Waals surface area (Å²) in [6.45, 7) is 7.52. The van der Waals surface area contributed by atoms with E-state index in [0.717, 1.165) is 89.8 Å². The maximum atomic E-state index is 5.96.